The maximum atomic E-state index is 11.6. The summed E-state index contributed by atoms with van der Waals surface area (Å²) in [6.45, 7) is 2.31. The lowest BCUT2D eigenvalue weighted by molar-refractivity contribution is 0.0997. The molecule has 0 amide bonds. The molecule has 0 spiro atoms. The van der Waals surface area contributed by atoms with Gasteiger partial charge in [-0.1, -0.05) is 13.3 Å². The lowest BCUT2D eigenvalue weighted by Gasteiger charge is -2.11. The van der Waals surface area contributed by atoms with Crippen molar-refractivity contribution >= 4 is 17.7 Å². The number of Topliss-reactive ketones (excluding diaryl/α,β-unsaturated/α-hetero) is 1. The van der Waals surface area contributed by atoms with Crippen molar-refractivity contribution in [2.45, 2.75) is 32.6 Å². The second-order valence-corrected chi connectivity index (χ2v) is 4.47. The van der Waals surface area contributed by atoms with E-state index in [0.717, 1.165) is 30.5 Å². The van der Waals surface area contributed by atoms with Gasteiger partial charge in [0.15, 0.2) is 5.78 Å². The van der Waals surface area contributed by atoms with Crippen LogP contribution in [0.25, 0.3) is 0 Å². The molecule has 1 aliphatic heterocycles. The summed E-state index contributed by atoms with van der Waals surface area (Å²) >= 11 is 0. The topological polar surface area (TPSA) is 65.4 Å². The molecule has 17 heavy (non-hydrogen) atoms. The van der Waals surface area contributed by atoms with Crippen molar-refractivity contribution in [2.24, 2.45) is 10.9 Å². The molecule has 0 fully saturated rings. The third-order valence-electron chi connectivity index (χ3n) is 3.37. The van der Waals surface area contributed by atoms with E-state index in [9.17, 15) is 4.79 Å². The van der Waals surface area contributed by atoms with Gasteiger partial charge in [0.2, 0.25) is 0 Å². The van der Waals surface area contributed by atoms with Gasteiger partial charge in [0.05, 0.1) is 5.69 Å². The SMILES string of the molecule is CCC(CO)CCc1c[nH]c2c1N=CCC2=O. The molecule has 0 saturated heterocycles. The van der Waals surface area contributed by atoms with Gasteiger partial charge in [0.25, 0.3) is 0 Å². The Hall–Kier alpha value is -1.42. The van der Waals surface area contributed by atoms with Gasteiger partial charge in [-0.05, 0) is 24.3 Å². The monoisotopic (exact) mass is 234 g/mol. The number of nitrogens with zero attached hydrogens (tertiary/aromatic N) is 1. The second kappa shape index (κ2) is 5.27. The smallest absolute Gasteiger partial charge is 0.186 e. The molecule has 0 saturated carbocycles. The zero-order chi connectivity index (χ0) is 12.3. The van der Waals surface area contributed by atoms with Crippen LogP contribution in [0.5, 0.6) is 0 Å². The fraction of sp³-hybridized carbons (Fsp3) is 0.538. The van der Waals surface area contributed by atoms with E-state index < -0.39 is 0 Å². The van der Waals surface area contributed by atoms with Crippen molar-refractivity contribution in [3.8, 4) is 0 Å². The molecule has 0 aliphatic carbocycles. The first-order chi connectivity index (χ1) is 8.26. The van der Waals surface area contributed by atoms with Crippen LogP contribution in [0, 0.1) is 5.92 Å². The molecule has 2 rings (SSSR count). The molecule has 4 heteroatoms. The Morgan fingerprint density at radius 2 is 2.41 bits per heavy atom. The molecule has 4 nitrogen and oxygen atoms in total. The van der Waals surface area contributed by atoms with E-state index in [1.807, 2.05) is 6.20 Å². The summed E-state index contributed by atoms with van der Waals surface area (Å²) in [5.74, 6) is 0.444. The second-order valence-electron chi connectivity index (χ2n) is 4.47. The number of fused-ring (bicyclic) bond motifs is 1. The molecule has 0 aromatic carbocycles. The van der Waals surface area contributed by atoms with E-state index in [4.69, 9.17) is 5.11 Å². The normalized spacial score (nSPS) is 16.0. The minimum atomic E-state index is 0.107. The van der Waals surface area contributed by atoms with Gasteiger partial charge in [-0.25, -0.2) is 0 Å². The fourth-order valence-corrected chi connectivity index (χ4v) is 2.11. The first-order valence-electron chi connectivity index (χ1n) is 6.13. The molecular weight excluding hydrogens is 216 g/mol. The predicted molar refractivity (Wildman–Crippen MR) is 67.1 cm³/mol. The summed E-state index contributed by atoms with van der Waals surface area (Å²) in [6.07, 6.45) is 6.70. The Morgan fingerprint density at radius 1 is 1.59 bits per heavy atom. The van der Waals surface area contributed by atoms with Crippen molar-refractivity contribution in [2.75, 3.05) is 6.61 Å². The van der Waals surface area contributed by atoms with Crippen molar-refractivity contribution in [1.82, 2.24) is 4.98 Å². The van der Waals surface area contributed by atoms with Gasteiger partial charge in [-0.3, -0.25) is 9.79 Å². The van der Waals surface area contributed by atoms with E-state index in [2.05, 4.69) is 16.9 Å². The Balaban J connectivity index is 2.08. The fourth-order valence-electron chi connectivity index (χ4n) is 2.11. The number of aliphatic hydroxyl groups excluding tert-OH is 1. The summed E-state index contributed by atoms with van der Waals surface area (Å²) in [5.41, 5.74) is 2.52. The number of rotatable bonds is 5. The number of H-pyrrole nitrogens is 1. The van der Waals surface area contributed by atoms with Gasteiger partial charge in [0.1, 0.15) is 5.69 Å². The number of nitrogens with one attached hydrogen (secondary N) is 1. The average Bonchev–Trinajstić information content (AvgIpc) is 2.75. The van der Waals surface area contributed by atoms with Gasteiger partial charge in [0, 0.05) is 25.4 Å². The summed E-state index contributed by atoms with van der Waals surface area (Å²) in [4.78, 5) is 18.9. The van der Waals surface area contributed by atoms with E-state index >= 15 is 0 Å². The molecule has 1 aromatic heterocycles. The molecule has 0 radical (unpaired) electrons. The highest BCUT2D eigenvalue weighted by molar-refractivity contribution is 6.09. The number of carbonyl (C=O) groups is 1. The van der Waals surface area contributed by atoms with Crippen molar-refractivity contribution in [3.63, 3.8) is 0 Å². The van der Waals surface area contributed by atoms with Crippen LogP contribution in [0.1, 0.15) is 42.2 Å². The van der Waals surface area contributed by atoms with E-state index in [1.165, 1.54) is 0 Å². The number of aromatic nitrogens is 1. The molecule has 2 N–H and O–H groups in total. The number of carbonyl (C=O) groups excluding carboxylic acids is 1. The predicted octanol–water partition coefficient (Wildman–Crippen LogP) is 2.25. The first kappa shape index (κ1) is 12.0. The Kier molecular flexibility index (Phi) is 3.74. The number of aliphatic hydroxyl groups is 1. The lowest BCUT2D eigenvalue weighted by Crippen LogP contribution is -2.06. The lowest BCUT2D eigenvalue weighted by atomic mass is 9.98. The molecule has 92 valence electrons. The summed E-state index contributed by atoms with van der Waals surface area (Å²) < 4.78 is 0. The van der Waals surface area contributed by atoms with Crippen LogP contribution in [0.2, 0.25) is 0 Å². The average molecular weight is 234 g/mol. The van der Waals surface area contributed by atoms with E-state index in [1.54, 1.807) is 6.21 Å². The number of aromatic amines is 1. The molecule has 1 unspecified atom stereocenters. The van der Waals surface area contributed by atoms with Crippen LogP contribution >= 0.6 is 0 Å². The molecule has 2 heterocycles. The highest BCUT2D eigenvalue weighted by Gasteiger charge is 2.19. The molecule has 1 aliphatic rings. The van der Waals surface area contributed by atoms with Crippen LogP contribution in [0.4, 0.5) is 5.69 Å². The molecule has 1 atom stereocenters. The number of ketones is 1. The minimum Gasteiger partial charge on any atom is -0.396 e. The standard InChI is InChI=1S/C13H18N2O2/c1-2-9(8-16)3-4-10-7-15-13-11(17)5-6-14-12(10)13/h6-7,9,15-16H,2-5,8H2,1H3. The van der Waals surface area contributed by atoms with Crippen LogP contribution in [-0.2, 0) is 6.42 Å². The zero-order valence-electron chi connectivity index (χ0n) is 10.1. The van der Waals surface area contributed by atoms with Crippen molar-refractivity contribution in [1.29, 1.82) is 0 Å². The van der Waals surface area contributed by atoms with E-state index in [0.29, 0.717) is 18.0 Å². The third-order valence-corrected chi connectivity index (χ3v) is 3.37. The highest BCUT2D eigenvalue weighted by atomic mass is 16.3. The number of hydrogen-bond donors (Lipinski definition) is 2. The quantitative estimate of drug-likeness (QED) is 0.820. The van der Waals surface area contributed by atoms with Gasteiger partial charge < -0.3 is 10.1 Å². The van der Waals surface area contributed by atoms with Gasteiger partial charge in [-0.2, -0.15) is 0 Å². The zero-order valence-corrected chi connectivity index (χ0v) is 10.1. The maximum Gasteiger partial charge on any atom is 0.186 e. The maximum absolute atomic E-state index is 11.6. The first-order valence-corrected chi connectivity index (χ1v) is 6.13. The Morgan fingerprint density at radius 3 is 3.12 bits per heavy atom. The third kappa shape index (κ3) is 2.47. The summed E-state index contributed by atoms with van der Waals surface area (Å²) in [6, 6.07) is 0. The number of aryl methyl sites for hydroxylation is 1. The molecule has 1 aromatic rings. The molecule has 0 bridgehead atoms. The van der Waals surface area contributed by atoms with Gasteiger partial charge in [-0.15, -0.1) is 0 Å². The van der Waals surface area contributed by atoms with Crippen molar-refractivity contribution < 1.29 is 9.90 Å². The van der Waals surface area contributed by atoms with Gasteiger partial charge >= 0.3 is 0 Å². The van der Waals surface area contributed by atoms with Crippen LogP contribution in [0.15, 0.2) is 11.2 Å². The Labute approximate surface area is 101 Å². The highest BCUT2D eigenvalue weighted by Crippen LogP contribution is 2.29. The number of aliphatic imine (C=N–C) groups is 1. The van der Waals surface area contributed by atoms with Crippen LogP contribution in [-0.4, -0.2) is 28.7 Å². The molecular formula is C13H18N2O2. The minimum absolute atomic E-state index is 0.107. The summed E-state index contributed by atoms with van der Waals surface area (Å²) in [5, 5.41) is 9.14. The van der Waals surface area contributed by atoms with E-state index in [-0.39, 0.29) is 12.4 Å². The van der Waals surface area contributed by atoms with Crippen molar-refractivity contribution in [3.05, 3.63) is 17.5 Å². The summed E-state index contributed by atoms with van der Waals surface area (Å²) in [7, 11) is 0. The van der Waals surface area contributed by atoms with Crippen LogP contribution < -0.4 is 0 Å². The number of hydrogen-bond acceptors (Lipinski definition) is 3. The largest absolute Gasteiger partial charge is 0.396 e. The Bertz CT molecular complexity index is 431. The van der Waals surface area contributed by atoms with Crippen LogP contribution in [0.3, 0.4) is 0 Å².